The lowest BCUT2D eigenvalue weighted by molar-refractivity contribution is -0.0172. The van der Waals surface area contributed by atoms with Crippen LogP contribution in [-0.4, -0.2) is 56.4 Å². The van der Waals surface area contributed by atoms with Gasteiger partial charge in [-0.2, -0.15) is 0 Å². The molecule has 3 aliphatic rings. The van der Waals surface area contributed by atoms with E-state index in [4.69, 9.17) is 9.47 Å². The van der Waals surface area contributed by atoms with E-state index in [0.717, 1.165) is 41.8 Å². The van der Waals surface area contributed by atoms with Gasteiger partial charge in [-0.05, 0) is 43.4 Å². The van der Waals surface area contributed by atoms with Crippen LogP contribution in [0.4, 0.5) is 4.39 Å². The van der Waals surface area contributed by atoms with Crippen LogP contribution in [-0.2, 0) is 17.8 Å². The van der Waals surface area contributed by atoms with Gasteiger partial charge in [0.1, 0.15) is 11.6 Å². The smallest absolute Gasteiger partial charge is 0.191 e. The number of guanidine groups is 1. The summed E-state index contributed by atoms with van der Waals surface area (Å²) in [6.07, 6.45) is 7.28. The van der Waals surface area contributed by atoms with Crippen molar-refractivity contribution in [3.63, 3.8) is 0 Å². The van der Waals surface area contributed by atoms with Gasteiger partial charge in [-0.1, -0.05) is 12.8 Å². The van der Waals surface area contributed by atoms with Gasteiger partial charge in [0.25, 0.3) is 0 Å². The molecule has 2 aliphatic heterocycles. The Labute approximate surface area is 166 Å². The zero-order valence-electron chi connectivity index (χ0n) is 16.7. The fourth-order valence-electron chi connectivity index (χ4n) is 4.65. The molecule has 0 bridgehead atoms. The molecule has 2 heterocycles. The third kappa shape index (κ3) is 4.58. The maximum atomic E-state index is 13.9. The summed E-state index contributed by atoms with van der Waals surface area (Å²) in [5.41, 5.74) is 1.65. The first-order chi connectivity index (χ1) is 13.7. The molecule has 1 aliphatic carbocycles. The predicted octanol–water partition coefficient (Wildman–Crippen LogP) is 2.42. The van der Waals surface area contributed by atoms with Gasteiger partial charge in [0.2, 0.25) is 0 Å². The first kappa shape index (κ1) is 19.5. The zero-order chi connectivity index (χ0) is 19.3. The lowest BCUT2D eigenvalue weighted by atomic mass is 10.1. The van der Waals surface area contributed by atoms with Gasteiger partial charge >= 0.3 is 0 Å². The third-order valence-electron chi connectivity index (χ3n) is 6.06. The van der Waals surface area contributed by atoms with Gasteiger partial charge in [-0.3, -0.25) is 9.89 Å². The van der Waals surface area contributed by atoms with Gasteiger partial charge < -0.3 is 20.1 Å². The Hall–Kier alpha value is -1.86. The number of likely N-dealkylation sites (tertiary alicyclic amines) is 1. The Kier molecular flexibility index (Phi) is 6.32. The highest BCUT2D eigenvalue weighted by Crippen LogP contribution is 2.29. The van der Waals surface area contributed by atoms with E-state index >= 15 is 0 Å². The maximum Gasteiger partial charge on any atom is 0.191 e. The maximum absolute atomic E-state index is 13.9. The summed E-state index contributed by atoms with van der Waals surface area (Å²) >= 11 is 0. The molecular formula is C21H31FN4O2. The highest BCUT2D eigenvalue weighted by molar-refractivity contribution is 5.80. The van der Waals surface area contributed by atoms with E-state index in [-0.39, 0.29) is 12.6 Å². The third-order valence-corrected chi connectivity index (χ3v) is 6.06. The first-order valence-corrected chi connectivity index (χ1v) is 10.5. The van der Waals surface area contributed by atoms with E-state index < -0.39 is 0 Å². The number of nitrogens with one attached hydrogen (secondary N) is 2. The molecule has 0 radical (unpaired) electrons. The number of fused-ring (bicyclic) bond motifs is 1. The highest BCUT2D eigenvalue weighted by atomic mass is 19.1. The second-order valence-corrected chi connectivity index (χ2v) is 7.98. The van der Waals surface area contributed by atoms with Crippen molar-refractivity contribution in [2.45, 2.75) is 57.2 Å². The quantitative estimate of drug-likeness (QED) is 0.597. The van der Waals surface area contributed by atoms with Crippen LogP contribution in [0, 0.1) is 5.82 Å². The summed E-state index contributed by atoms with van der Waals surface area (Å²) in [5, 5.41) is 6.92. The second kappa shape index (κ2) is 9.09. The fourth-order valence-corrected chi connectivity index (χ4v) is 4.65. The van der Waals surface area contributed by atoms with Crippen molar-refractivity contribution in [3.8, 4) is 5.75 Å². The lowest BCUT2D eigenvalue weighted by Gasteiger charge is -2.24. The minimum absolute atomic E-state index is 0.224. The van der Waals surface area contributed by atoms with Crippen LogP contribution < -0.4 is 15.4 Å². The fraction of sp³-hybridized carbons (Fsp3) is 0.667. The van der Waals surface area contributed by atoms with Crippen LogP contribution in [0.3, 0.4) is 0 Å². The molecule has 1 saturated carbocycles. The van der Waals surface area contributed by atoms with Gasteiger partial charge in [0.15, 0.2) is 12.8 Å². The predicted molar refractivity (Wildman–Crippen MR) is 107 cm³/mol. The molecule has 2 N–H and O–H groups in total. The van der Waals surface area contributed by atoms with Crippen LogP contribution in [0.15, 0.2) is 17.1 Å². The van der Waals surface area contributed by atoms with Crippen LogP contribution in [0.25, 0.3) is 0 Å². The Morgan fingerprint density at radius 1 is 1.29 bits per heavy atom. The second-order valence-electron chi connectivity index (χ2n) is 7.98. The molecule has 28 heavy (non-hydrogen) atoms. The minimum Gasteiger partial charge on any atom is -0.467 e. The molecule has 1 saturated heterocycles. The van der Waals surface area contributed by atoms with Gasteiger partial charge in [0, 0.05) is 44.3 Å². The SMILES string of the molecule is CN=C(NCCc1cc(F)cc2c1OCOC2)NC1CCN(C2CCCC2)C1. The summed E-state index contributed by atoms with van der Waals surface area (Å²) < 4.78 is 24.7. The molecule has 7 heteroatoms. The molecule has 1 unspecified atom stereocenters. The summed E-state index contributed by atoms with van der Waals surface area (Å²) in [7, 11) is 1.80. The van der Waals surface area contributed by atoms with Crippen LogP contribution >= 0.6 is 0 Å². The van der Waals surface area contributed by atoms with Gasteiger partial charge in [-0.15, -0.1) is 0 Å². The monoisotopic (exact) mass is 390 g/mol. The Morgan fingerprint density at radius 2 is 2.14 bits per heavy atom. The van der Waals surface area contributed by atoms with Crippen molar-refractivity contribution in [2.75, 3.05) is 33.5 Å². The Balaban J connectivity index is 1.27. The van der Waals surface area contributed by atoms with Crippen LogP contribution in [0.2, 0.25) is 0 Å². The number of rotatable bonds is 5. The molecule has 0 aromatic heterocycles. The Morgan fingerprint density at radius 3 is 2.96 bits per heavy atom. The van der Waals surface area contributed by atoms with E-state index in [1.807, 2.05) is 0 Å². The van der Waals surface area contributed by atoms with Crippen LogP contribution in [0.5, 0.6) is 5.75 Å². The summed E-state index contributed by atoms with van der Waals surface area (Å²) in [4.78, 5) is 7.00. The number of benzene rings is 1. The van der Waals surface area contributed by atoms with E-state index in [2.05, 4.69) is 20.5 Å². The van der Waals surface area contributed by atoms with Crippen molar-refractivity contribution >= 4 is 5.96 Å². The highest BCUT2D eigenvalue weighted by Gasteiger charge is 2.30. The molecule has 2 fully saturated rings. The number of nitrogens with zero attached hydrogens (tertiary/aromatic N) is 2. The molecule has 0 amide bonds. The minimum atomic E-state index is -0.247. The number of hydrogen-bond donors (Lipinski definition) is 2. The summed E-state index contributed by atoms with van der Waals surface area (Å²) in [6, 6.07) is 4.26. The first-order valence-electron chi connectivity index (χ1n) is 10.5. The van der Waals surface area contributed by atoms with E-state index in [1.165, 1.54) is 38.3 Å². The summed E-state index contributed by atoms with van der Waals surface area (Å²) in [5.74, 6) is 1.33. The number of hydrogen-bond acceptors (Lipinski definition) is 4. The Bertz CT molecular complexity index is 706. The van der Waals surface area contributed by atoms with Crippen molar-refractivity contribution in [2.24, 2.45) is 4.99 Å². The van der Waals surface area contributed by atoms with E-state index in [1.54, 1.807) is 13.1 Å². The molecule has 4 rings (SSSR count). The van der Waals surface area contributed by atoms with Crippen molar-refractivity contribution in [3.05, 3.63) is 29.1 Å². The average molecular weight is 391 g/mol. The van der Waals surface area contributed by atoms with E-state index in [9.17, 15) is 4.39 Å². The topological polar surface area (TPSA) is 58.1 Å². The zero-order valence-corrected chi connectivity index (χ0v) is 16.7. The molecular weight excluding hydrogens is 359 g/mol. The average Bonchev–Trinajstić information content (AvgIpc) is 3.38. The van der Waals surface area contributed by atoms with Gasteiger partial charge in [0.05, 0.1) is 6.61 Å². The molecule has 0 spiro atoms. The normalized spacial score (nSPS) is 23.5. The van der Waals surface area contributed by atoms with Gasteiger partial charge in [-0.25, -0.2) is 4.39 Å². The lowest BCUT2D eigenvalue weighted by Crippen LogP contribution is -2.45. The molecule has 1 aromatic rings. The van der Waals surface area contributed by atoms with Crippen molar-refractivity contribution in [1.29, 1.82) is 0 Å². The van der Waals surface area contributed by atoms with Crippen molar-refractivity contribution in [1.82, 2.24) is 15.5 Å². The number of ether oxygens (including phenoxy) is 2. The number of halogens is 1. The molecule has 1 aromatic carbocycles. The standard InChI is InChI=1S/C21H31FN4O2/c1-23-21(25-18-7-9-26(12-18)19-4-2-3-5-19)24-8-6-15-10-17(22)11-16-13-27-14-28-20(15)16/h10-11,18-19H,2-9,12-14H2,1H3,(H2,23,24,25). The largest absolute Gasteiger partial charge is 0.467 e. The van der Waals surface area contributed by atoms with Crippen molar-refractivity contribution < 1.29 is 13.9 Å². The molecule has 154 valence electrons. The molecule has 1 atom stereocenters. The van der Waals surface area contributed by atoms with Crippen LogP contribution in [0.1, 0.15) is 43.2 Å². The summed E-state index contributed by atoms with van der Waals surface area (Å²) in [6.45, 7) is 3.56. The number of aliphatic imine (C=N–C) groups is 1. The molecule has 6 nitrogen and oxygen atoms in total. The van der Waals surface area contributed by atoms with E-state index in [0.29, 0.717) is 25.6 Å².